The van der Waals surface area contributed by atoms with Crippen LogP contribution in [0.2, 0.25) is 0 Å². The van der Waals surface area contributed by atoms with Gasteiger partial charge in [-0.05, 0) is 49.4 Å². The van der Waals surface area contributed by atoms with Crippen molar-refractivity contribution in [1.82, 2.24) is 14.8 Å². The van der Waals surface area contributed by atoms with Gasteiger partial charge in [0, 0.05) is 65.7 Å². The topological polar surface area (TPSA) is 68.8 Å². The number of carbonyl (C=O) groups excluding carboxylic acids is 1. The van der Waals surface area contributed by atoms with Gasteiger partial charge in [-0.1, -0.05) is 24.6 Å². The molecule has 1 aromatic heterocycles. The van der Waals surface area contributed by atoms with E-state index in [-0.39, 0.29) is 29.8 Å². The Morgan fingerprint density at radius 1 is 1.19 bits per heavy atom. The third-order valence-electron chi connectivity index (χ3n) is 8.84. The Hall–Kier alpha value is -2.90. The van der Waals surface area contributed by atoms with Gasteiger partial charge in [0.25, 0.3) is 0 Å². The van der Waals surface area contributed by atoms with E-state index in [1.165, 1.54) is 11.6 Å². The second-order valence-electron chi connectivity index (χ2n) is 10.8. The van der Waals surface area contributed by atoms with Crippen molar-refractivity contribution in [2.75, 3.05) is 33.4 Å². The quantitative estimate of drug-likeness (QED) is 0.551. The molecule has 6 nitrogen and oxygen atoms in total. The van der Waals surface area contributed by atoms with E-state index in [0.717, 1.165) is 67.5 Å². The largest absolute Gasteiger partial charge is 0.497 e. The van der Waals surface area contributed by atoms with Gasteiger partial charge < -0.3 is 19.7 Å². The monoisotopic (exact) mass is 491 g/mol. The molecule has 0 unspecified atom stereocenters. The number of aromatic amines is 1. The number of methoxy groups -OCH3 is 1. The van der Waals surface area contributed by atoms with Gasteiger partial charge in [-0.15, -0.1) is 0 Å². The predicted octanol–water partition coefficient (Wildman–Crippen LogP) is 4.53. The molecule has 1 amide bonds. The van der Waals surface area contributed by atoms with E-state index >= 15 is 0 Å². The summed E-state index contributed by atoms with van der Waals surface area (Å²) in [6.07, 6.45) is 4.89. The first kappa shape index (κ1) is 23.5. The van der Waals surface area contributed by atoms with Crippen LogP contribution in [0.5, 0.6) is 5.75 Å². The molecule has 2 N–H and O–H groups in total. The average molecular weight is 492 g/mol. The zero-order valence-electron chi connectivity index (χ0n) is 20.8. The number of aliphatic hydroxyl groups excluding tert-OH is 1. The van der Waals surface area contributed by atoms with Gasteiger partial charge in [-0.3, -0.25) is 9.69 Å². The molecule has 6 rings (SSSR count). The van der Waals surface area contributed by atoms with Crippen LogP contribution in [0, 0.1) is 11.7 Å². The first-order valence-electron chi connectivity index (χ1n) is 13.1. The average Bonchev–Trinajstić information content (AvgIpc) is 3.24. The number of fused-ring (bicyclic) bond motifs is 4. The minimum atomic E-state index is -0.265. The SMILES string of the molecule is COc1ccc2c3c([nH]c2c1)[C@@H](CO)N(Cc1ccccc1F)CC31CCN(C(=O)C2CCC2)CC1. The number of aliphatic hydroxyl groups is 1. The molecule has 3 aromatic rings. The summed E-state index contributed by atoms with van der Waals surface area (Å²) in [7, 11) is 1.66. The third-order valence-corrected chi connectivity index (χ3v) is 8.84. The van der Waals surface area contributed by atoms with Crippen molar-refractivity contribution in [2.24, 2.45) is 5.92 Å². The Kier molecular flexibility index (Phi) is 6.00. The number of aromatic nitrogens is 1. The fraction of sp³-hybridized carbons (Fsp3) is 0.483. The summed E-state index contributed by atoms with van der Waals surface area (Å²) in [6.45, 7) is 2.53. The van der Waals surface area contributed by atoms with Gasteiger partial charge in [0.15, 0.2) is 0 Å². The number of hydrogen-bond donors (Lipinski definition) is 2. The molecule has 0 radical (unpaired) electrons. The Labute approximate surface area is 211 Å². The van der Waals surface area contributed by atoms with Crippen molar-refractivity contribution >= 4 is 16.8 Å². The molecule has 1 atom stereocenters. The molecule has 3 aliphatic rings. The Morgan fingerprint density at radius 2 is 1.97 bits per heavy atom. The number of nitrogens with zero attached hydrogens (tertiary/aromatic N) is 2. The summed E-state index contributed by atoms with van der Waals surface area (Å²) < 4.78 is 20.1. The van der Waals surface area contributed by atoms with E-state index in [4.69, 9.17) is 4.74 Å². The van der Waals surface area contributed by atoms with Crippen LogP contribution < -0.4 is 4.74 Å². The van der Waals surface area contributed by atoms with E-state index in [1.807, 2.05) is 24.3 Å². The van der Waals surface area contributed by atoms with Gasteiger partial charge in [0.05, 0.1) is 19.8 Å². The first-order valence-corrected chi connectivity index (χ1v) is 13.1. The van der Waals surface area contributed by atoms with Crippen LogP contribution in [0.1, 0.15) is 55.0 Å². The number of H-pyrrole nitrogens is 1. The number of nitrogens with one attached hydrogen (secondary N) is 1. The second-order valence-corrected chi connectivity index (χ2v) is 10.8. The molecule has 1 aliphatic carbocycles. The van der Waals surface area contributed by atoms with Crippen molar-refractivity contribution in [1.29, 1.82) is 0 Å². The number of carbonyl (C=O) groups is 1. The predicted molar refractivity (Wildman–Crippen MR) is 136 cm³/mol. The van der Waals surface area contributed by atoms with E-state index in [2.05, 4.69) is 20.9 Å². The van der Waals surface area contributed by atoms with Gasteiger partial charge in [0.1, 0.15) is 11.6 Å². The molecule has 7 heteroatoms. The molecule has 190 valence electrons. The van der Waals surface area contributed by atoms with Crippen molar-refractivity contribution in [3.8, 4) is 5.75 Å². The van der Waals surface area contributed by atoms with Crippen molar-refractivity contribution < 1.29 is 19.0 Å². The number of rotatable bonds is 5. The fourth-order valence-corrected chi connectivity index (χ4v) is 6.60. The minimum absolute atomic E-state index is 0.0617. The van der Waals surface area contributed by atoms with Gasteiger partial charge in [0.2, 0.25) is 5.91 Å². The highest BCUT2D eigenvalue weighted by molar-refractivity contribution is 5.88. The normalized spacial score (nSPS) is 22.0. The van der Waals surface area contributed by atoms with Crippen molar-refractivity contribution in [2.45, 2.75) is 50.1 Å². The molecule has 3 heterocycles. The number of amides is 1. The molecule has 1 saturated carbocycles. The maximum absolute atomic E-state index is 14.7. The standard InChI is InChI=1S/C29H34FN3O3/c1-36-21-9-10-22-24(15-21)31-27-25(17-34)33(16-20-5-2-3-8-23(20)30)18-29(26(22)27)11-13-32(14-12-29)28(35)19-6-4-7-19/h2-3,5,8-10,15,19,25,31,34H,4,6-7,11-14,16-18H2,1H3/t25-/m1/s1. The molecular weight excluding hydrogens is 457 g/mol. The van der Waals surface area contributed by atoms with Gasteiger partial charge >= 0.3 is 0 Å². The van der Waals surface area contributed by atoms with E-state index in [0.29, 0.717) is 24.6 Å². The summed E-state index contributed by atoms with van der Waals surface area (Å²) >= 11 is 0. The summed E-state index contributed by atoms with van der Waals surface area (Å²) in [5.41, 5.74) is 3.68. The number of ether oxygens (including phenoxy) is 1. The summed E-state index contributed by atoms with van der Waals surface area (Å²) in [4.78, 5) is 20.9. The van der Waals surface area contributed by atoms with Crippen LogP contribution in [0.4, 0.5) is 4.39 Å². The highest BCUT2D eigenvalue weighted by Crippen LogP contribution is 2.49. The van der Waals surface area contributed by atoms with E-state index in [1.54, 1.807) is 13.2 Å². The lowest BCUT2D eigenvalue weighted by atomic mass is 9.68. The first-order chi connectivity index (χ1) is 17.5. The molecule has 2 aliphatic heterocycles. The fourth-order valence-electron chi connectivity index (χ4n) is 6.60. The van der Waals surface area contributed by atoms with Crippen molar-refractivity contribution in [3.05, 3.63) is 65.1 Å². The second kappa shape index (κ2) is 9.20. The summed E-state index contributed by atoms with van der Waals surface area (Å²) in [6, 6.07) is 12.7. The van der Waals surface area contributed by atoms with Crippen LogP contribution in [0.25, 0.3) is 10.9 Å². The van der Waals surface area contributed by atoms with Gasteiger partial charge in [-0.25, -0.2) is 4.39 Å². The van der Waals surface area contributed by atoms with Crippen LogP contribution >= 0.6 is 0 Å². The number of likely N-dealkylation sites (tertiary alicyclic amines) is 1. The maximum atomic E-state index is 14.7. The van der Waals surface area contributed by atoms with Crippen molar-refractivity contribution in [3.63, 3.8) is 0 Å². The third kappa shape index (κ3) is 3.80. The Balaban J connectivity index is 1.40. The van der Waals surface area contributed by atoms with Gasteiger partial charge in [-0.2, -0.15) is 0 Å². The molecule has 2 fully saturated rings. The summed E-state index contributed by atoms with van der Waals surface area (Å²) in [5, 5.41) is 11.7. The highest BCUT2D eigenvalue weighted by atomic mass is 19.1. The highest BCUT2D eigenvalue weighted by Gasteiger charge is 2.48. The Bertz CT molecular complexity index is 1280. The molecule has 2 aromatic carbocycles. The number of hydrogen-bond acceptors (Lipinski definition) is 4. The molecule has 0 bridgehead atoms. The summed E-state index contributed by atoms with van der Waals surface area (Å²) in [5.74, 6) is 1.07. The number of benzene rings is 2. The zero-order chi connectivity index (χ0) is 24.9. The van der Waals surface area contributed by atoms with Crippen LogP contribution in [0.3, 0.4) is 0 Å². The molecule has 1 saturated heterocycles. The lowest BCUT2D eigenvalue weighted by Crippen LogP contribution is -2.55. The molecular formula is C29H34FN3O3. The molecule has 36 heavy (non-hydrogen) atoms. The van der Waals surface area contributed by atoms with Crippen LogP contribution in [0.15, 0.2) is 42.5 Å². The smallest absolute Gasteiger partial charge is 0.225 e. The molecule has 1 spiro atoms. The zero-order valence-corrected chi connectivity index (χ0v) is 20.8. The van der Waals surface area contributed by atoms with Crippen LogP contribution in [-0.4, -0.2) is 59.1 Å². The lowest BCUT2D eigenvalue weighted by molar-refractivity contribution is -0.140. The number of halogens is 1. The lowest BCUT2D eigenvalue weighted by Gasteiger charge is -2.50. The maximum Gasteiger partial charge on any atom is 0.225 e. The number of piperidine rings is 1. The van der Waals surface area contributed by atoms with Crippen LogP contribution in [-0.2, 0) is 16.8 Å². The minimum Gasteiger partial charge on any atom is -0.497 e. The Morgan fingerprint density at radius 3 is 2.64 bits per heavy atom. The van der Waals surface area contributed by atoms with E-state index in [9.17, 15) is 14.3 Å². The van der Waals surface area contributed by atoms with E-state index < -0.39 is 0 Å².